The lowest BCUT2D eigenvalue weighted by Gasteiger charge is -2.27. The lowest BCUT2D eigenvalue weighted by molar-refractivity contribution is -0.117. The summed E-state index contributed by atoms with van der Waals surface area (Å²) in [5, 5.41) is 12.0. The molecule has 120 valence electrons. The fraction of sp³-hybridized carbons (Fsp3) is 0.471. The van der Waals surface area contributed by atoms with Crippen molar-refractivity contribution in [2.45, 2.75) is 38.6 Å². The fourth-order valence-electron chi connectivity index (χ4n) is 2.82. The van der Waals surface area contributed by atoms with Gasteiger partial charge in [0.25, 0.3) is 0 Å². The van der Waals surface area contributed by atoms with E-state index >= 15 is 0 Å². The molecule has 0 saturated heterocycles. The Bertz CT molecular complexity index is 564. The number of nitrogens with one attached hydrogen (secondary N) is 1. The van der Waals surface area contributed by atoms with Gasteiger partial charge in [-0.3, -0.25) is 4.79 Å². The maximum atomic E-state index is 13.7. The van der Waals surface area contributed by atoms with Crippen molar-refractivity contribution in [3.05, 3.63) is 41.5 Å². The molecule has 1 saturated carbocycles. The van der Waals surface area contributed by atoms with Crippen LogP contribution in [0.15, 0.2) is 24.3 Å². The van der Waals surface area contributed by atoms with Gasteiger partial charge in [-0.05, 0) is 56.2 Å². The van der Waals surface area contributed by atoms with Crippen LogP contribution in [0.5, 0.6) is 0 Å². The van der Waals surface area contributed by atoms with Crippen LogP contribution >= 0.6 is 0 Å². The number of aliphatic hydroxyl groups is 1. The summed E-state index contributed by atoms with van der Waals surface area (Å²) in [7, 11) is 0. The van der Waals surface area contributed by atoms with Crippen LogP contribution in [0, 0.1) is 17.6 Å². The van der Waals surface area contributed by atoms with E-state index in [0.29, 0.717) is 11.5 Å². The summed E-state index contributed by atoms with van der Waals surface area (Å²) in [5.74, 6) is -1.25. The normalized spacial score (nSPS) is 22.5. The maximum absolute atomic E-state index is 13.7. The SMILES string of the molecule is C/C(=C/C(=O)NC1CCC(CO)CC1)c1ccc(F)cc1F. The number of carbonyl (C=O) groups is 1. The van der Waals surface area contributed by atoms with Gasteiger partial charge in [0.1, 0.15) is 11.6 Å². The van der Waals surface area contributed by atoms with Gasteiger partial charge < -0.3 is 10.4 Å². The number of hydrogen-bond donors (Lipinski definition) is 2. The van der Waals surface area contributed by atoms with E-state index in [2.05, 4.69) is 5.32 Å². The van der Waals surface area contributed by atoms with Gasteiger partial charge in [-0.2, -0.15) is 0 Å². The van der Waals surface area contributed by atoms with Gasteiger partial charge in [-0.25, -0.2) is 8.78 Å². The third kappa shape index (κ3) is 4.37. The smallest absolute Gasteiger partial charge is 0.244 e. The van der Waals surface area contributed by atoms with Gasteiger partial charge in [0, 0.05) is 30.4 Å². The van der Waals surface area contributed by atoms with Crippen LogP contribution in [0.2, 0.25) is 0 Å². The molecule has 0 atom stereocenters. The molecule has 5 heteroatoms. The molecule has 1 aromatic carbocycles. The van der Waals surface area contributed by atoms with Crippen LogP contribution in [-0.4, -0.2) is 23.7 Å². The molecule has 1 aromatic rings. The fourth-order valence-corrected chi connectivity index (χ4v) is 2.82. The largest absolute Gasteiger partial charge is 0.396 e. The molecule has 0 bridgehead atoms. The van der Waals surface area contributed by atoms with Crippen molar-refractivity contribution in [2.75, 3.05) is 6.61 Å². The maximum Gasteiger partial charge on any atom is 0.244 e. The highest BCUT2D eigenvalue weighted by atomic mass is 19.1. The number of halogens is 2. The minimum Gasteiger partial charge on any atom is -0.396 e. The molecule has 0 unspecified atom stereocenters. The van der Waals surface area contributed by atoms with Gasteiger partial charge >= 0.3 is 0 Å². The van der Waals surface area contributed by atoms with Crippen LogP contribution < -0.4 is 5.32 Å². The molecule has 0 spiro atoms. The summed E-state index contributed by atoms with van der Waals surface area (Å²) < 4.78 is 26.5. The second-order valence-electron chi connectivity index (χ2n) is 5.86. The van der Waals surface area contributed by atoms with Crippen LogP contribution in [0.1, 0.15) is 38.2 Å². The zero-order chi connectivity index (χ0) is 16.1. The van der Waals surface area contributed by atoms with Crippen molar-refractivity contribution in [1.82, 2.24) is 5.32 Å². The van der Waals surface area contributed by atoms with Crippen molar-refractivity contribution in [2.24, 2.45) is 5.92 Å². The van der Waals surface area contributed by atoms with E-state index in [4.69, 9.17) is 5.11 Å². The minimum atomic E-state index is -0.676. The van der Waals surface area contributed by atoms with Crippen LogP contribution in [-0.2, 0) is 4.79 Å². The summed E-state index contributed by atoms with van der Waals surface area (Å²) in [6.45, 7) is 1.82. The highest BCUT2D eigenvalue weighted by Gasteiger charge is 2.21. The van der Waals surface area contributed by atoms with Crippen LogP contribution in [0.25, 0.3) is 5.57 Å². The summed E-state index contributed by atoms with van der Waals surface area (Å²) >= 11 is 0. The molecule has 0 aromatic heterocycles. The second-order valence-corrected chi connectivity index (χ2v) is 5.86. The number of rotatable bonds is 4. The summed E-state index contributed by atoms with van der Waals surface area (Å²) in [6.07, 6.45) is 4.82. The summed E-state index contributed by atoms with van der Waals surface area (Å²) in [6, 6.07) is 3.40. The number of hydrogen-bond acceptors (Lipinski definition) is 2. The highest BCUT2D eigenvalue weighted by molar-refractivity contribution is 5.95. The van der Waals surface area contributed by atoms with Crippen LogP contribution in [0.4, 0.5) is 8.78 Å². The van der Waals surface area contributed by atoms with E-state index in [-0.39, 0.29) is 24.1 Å². The van der Waals surface area contributed by atoms with Crippen molar-refractivity contribution in [1.29, 1.82) is 0 Å². The average Bonchev–Trinajstić information content (AvgIpc) is 2.47. The molecule has 2 N–H and O–H groups in total. The Balaban J connectivity index is 1.95. The summed E-state index contributed by atoms with van der Waals surface area (Å²) in [4.78, 5) is 12.0. The van der Waals surface area contributed by atoms with E-state index in [9.17, 15) is 13.6 Å². The lowest BCUT2D eigenvalue weighted by Crippen LogP contribution is -2.37. The first kappa shape index (κ1) is 16.6. The number of aliphatic hydroxyl groups excluding tert-OH is 1. The number of allylic oxidation sites excluding steroid dienone is 1. The minimum absolute atomic E-state index is 0.0948. The zero-order valence-electron chi connectivity index (χ0n) is 12.6. The molecule has 3 nitrogen and oxygen atoms in total. The van der Waals surface area contributed by atoms with Gasteiger partial charge in [-0.15, -0.1) is 0 Å². The monoisotopic (exact) mass is 309 g/mol. The molecule has 2 rings (SSSR count). The number of benzene rings is 1. The predicted molar refractivity (Wildman–Crippen MR) is 81.0 cm³/mol. The highest BCUT2D eigenvalue weighted by Crippen LogP contribution is 2.24. The van der Waals surface area contributed by atoms with E-state index < -0.39 is 11.6 Å². The van der Waals surface area contributed by atoms with Crippen molar-refractivity contribution < 1.29 is 18.7 Å². The summed E-state index contributed by atoms with van der Waals surface area (Å²) in [5.41, 5.74) is 0.680. The Morgan fingerprint density at radius 2 is 2.00 bits per heavy atom. The van der Waals surface area contributed by atoms with E-state index in [1.807, 2.05) is 0 Å². The van der Waals surface area contributed by atoms with Gasteiger partial charge in [0.15, 0.2) is 0 Å². The average molecular weight is 309 g/mol. The molecular formula is C17H21F2NO2. The Kier molecular flexibility index (Phi) is 5.66. The Labute approximate surface area is 129 Å². The van der Waals surface area contributed by atoms with Crippen molar-refractivity contribution in [3.8, 4) is 0 Å². The molecular weight excluding hydrogens is 288 g/mol. The van der Waals surface area contributed by atoms with Gasteiger partial charge in [0.2, 0.25) is 5.91 Å². The molecule has 22 heavy (non-hydrogen) atoms. The molecule has 0 heterocycles. The van der Waals surface area contributed by atoms with E-state index in [1.165, 1.54) is 18.2 Å². The predicted octanol–water partition coefficient (Wildman–Crippen LogP) is 3.04. The zero-order valence-corrected chi connectivity index (χ0v) is 12.6. The van der Waals surface area contributed by atoms with Crippen LogP contribution in [0.3, 0.4) is 0 Å². The first-order chi connectivity index (χ1) is 10.5. The van der Waals surface area contributed by atoms with Gasteiger partial charge in [-0.1, -0.05) is 0 Å². The van der Waals surface area contributed by atoms with E-state index in [1.54, 1.807) is 6.92 Å². The first-order valence-electron chi connectivity index (χ1n) is 7.54. The van der Waals surface area contributed by atoms with Crippen molar-refractivity contribution >= 4 is 11.5 Å². The third-order valence-electron chi connectivity index (χ3n) is 4.15. The lowest BCUT2D eigenvalue weighted by atomic mass is 9.86. The second kappa shape index (κ2) is 7.49. The number of carbonyl (C=O) groups excluding carboxylic acids is 1. The third-order valence-corrected chi connectivity index (χ3v) is 4.15. The molecule has 1 fully saturated rings. The molecule has 1 aliphatic carbocycles. The van der Waals surface area contributed by atoms with Gasteiger partial charge in [0.05, 0.1) is 0 Å². The number of amides is 1. The first-order valence-corrected chi connectivity index (χ1v) is 7.54. The molecule has 1 aliphatic rings. The van der Waals surface area contributed by atoms with Crippen molar-refractivity contribution in [3.63, 3.8) is 0 Å². The van der Waals surface area contributed by atoms with E-state index in [0.717, 1.165) is 31.7 Å². The Morgan fingerprint density at radius 3 is 2.59 bits per heavy atom. The molecule has 0 aliphatic heterocycles. The molecule has 1 amide bonds. The molecule has 0 radical (unpaired) electrons. The topological polar surface area (TPSA) is 49.3 Å². The quantitative estimate of drug-likeness (QED) is 0.840. The Hall–Kier alpha value is -1.75. The Morgan fingerprint density at radius 1 is 1.32 bits per heavy atom. The standard InChI is InChI=1S/C17H21F2NO2/c1-11(15-7-4-13(18)9-16(15)19)8-17(22)20-14-5-2-12(10-21)3-6-14/h4,7-9,12,14,21H,2-3,5-6,10H2,1H3,(H,20,22)/b11-8-.